The summed E-state index contributed by atoms with van der Waals surface area (Å²) in [5.74, 6) is -2.51. The molecule has 5 heteroatoms. The van der Waals surface area contributed by atoms with Crippen LogP contribution in [-0.2, 0) is 4.79 Å². The van der Waals surface area contributed by atoms with E-state index in [1.54, 1.807) is 4.90 Å². The van der Waals surface area contributed by atoms with Gasteiger partial charge in [0.05, 0.1) is 0 Å². The van der Waals surface area contributed by atoms with Gasteiger partial charge in [0, 0.05) is 19.2 Å². The minimum atomic E-state index is -1.16. The molecule has 1 aromatic carbocycles. The van der Waals surface area contributed by atoms with Crippen molar-refractivity contribution in [2.75, 3.05) is 18.0 Å². The number of rotatable bonds is 7. The highest BCUT2D eigenvalue weighted by Gasteiger charge is 2.16. The Balaban J connectivity index is 3.07. The van der Waals surface area contributed by atoms with Crippen LogP contribution in [0.4, 0.5) is 14.5 Å². The Morgan fingerprint density at radius 1 is 1.30 bits per heavy atom. The summed E-state index contributed by atoms with van der Waals surface area (Å²) in [5, 5.41) is 8.51. The topological polar surface area (TPSA) is 40.5 Å². The van der Waals surface area contributed by atoms with E-state index < -0.39 is 17.6 Å². The number of anilines is 1. The summed E-state index contributed by atoms with van der Waals surface area (Å²) in [6.45, 7) is 4.95. The van der Waals surface area contributed by atoms with Crippen LogP contribution in [0.2, 0.25) is 0 Å². The zero-order chi connectivity index (χ0) is 15.1. The van der Waals surface area contributed by atoms with Crippen LogP contribution in [0.5, 0.6) is 0 Å². The molecule has 0 atom stereocenters. The lowest BCUT2D eigenvalue weighted by Gasteiger charge is -2.24. The van der Waals surface area contributed by atoms with Crippen molar-refractivity contribution >= 4 is 17.7 Å². The van der Waals surface area contributed by atoms with Gasteiger partial charge in [-0.3, -0.25) is 0 Å². The van der Waals surface area contributed by atoms with Gasteiger partial charge in [0.1, 0.15) is 17.3 Å². The zero-order valence-electron chi connectivity index (χ0n) is 11.7. The second-order valence-electron chi connectivity index (χ2n) is 4.44. The molecule has 1 aromatic rings. The van der Waals surface area contributed by atoms with Crippen molar-refractivity contribution in [3.8, 4) is 0 Å². The molecule has 0 amide bonds. The van der Waals surface area contributed by atoms with Crippen LogP contribution in [-0.4, -0.2) is 24.2 Å². The molecule has 0 saturated carbocycles. The van der Waals surface area contributed by atoms with Gasteiger partial charge < -0.3 is 10.0 Å². The first-order chi connectivity index (χ1) is 9.49. The average Bonchev–Trinajstić information content (AvgIpc) is 2.39. The molecule has 0 heterocycles. The van der Waals surface area contributed by atoms with Crippen molar-refractivity contribution < 1.29 is 18.7 Å². The fourth-order valence-electron chi connectivity index (χ4n) is 1.93. The van der Waals surface area contributed by atoms with Gasteiger partial charge in [-0.05, 0) is 37.1 Å². The van der Waals surface area contributed by atoms with E-state index in [4.69, 9.17) is 5.11 Å². The van der Waals surface area contributed by atoms with Crippen LogP contribution in [0.3, 0.4) is 0 Å². The molecule has 0 unspecified atom stereocenters. The lowest BCUT2D eigenvalue weighted by Crippen LogP contribution is -2.26. The molecule has 0 aliphatic carbocycles. The summed E-state index contributed by atoms with van der Waals surface area (Å²) < 4.78 is 28.1. The Bertz CT molecular complexity index is 478. The summed E-state index contributed by atoms with van der Waals surface area (Å²) in [6.07, 6.45) is 3.82. The molecular formula is C15H19F2NO2. The monoisotopic (exact) mass is 283 g/mol. The van der Waals surface area contributed by atoms with Crippen molar-refractivity contribution in [2.45, 2.75) is 26.7 Å². The molecule has 0 aromatic heterocycles. The van der Waals surface area contributed by atoms with E-state index in [1.807, 2.05) is 13.8 Å². The van der Waals surface area contributed by atoms with Gasteiger partial charge in [0.15, 0.2) is 0 Å². The van der Waals surface area contributed by atoms with Crippen molar-refractivity contribution in [3.05, 3.63) is 35.4 Å². The molecule has 1 rings (SSSR count). The molecule has 20 heavy (non-hydrogen) atoms. The number of benzene rings is 1. The average molecular weight is 283 g/mol. The van der Waals surface area contributed by atoms with E-state index in [1.165, 1.54) is 6.08 Å². The summed E-state index contributed by atoms with van der Waals surface area (Å²) >= 11 is 0. The van der Waals surface area contributed by atoms with E-state index in [0.29, 0.717) is 13.1 Å². The Labute approximate surface area is 117 Å². The number of carbonyl (C=O) groups is 1. The first-order valence-corrected chi connectivity index (χ1v) is 6.64. The maximum absolute atomic E-state index is 14.0. The van der Waals surface area contributed by atoms with Gasteiger partial charge in [0.2, 0.25) is 0 Å². The molecule has 0 saturated heterocycles. The summed E-state index contributed by atoms with van der Waals surface area (Å²) in [4.78, 5) is 12.1. The van der Waals surface area contributed by atoms with E-state index in [0.717, 1.165) is 31.1 Å². The summed E-state index contributed by atoms with van der Waals surface area (Å²) in [7, 11) is 0. The van der Waals surface area contributed by atoms with Crippen molar-refractivity contribution in [1.29, 1.82) is 0 Å². The van der Waals surface area contributed by atoms with Crippen LogP contribution in [0.15, 0.2) is 18.2 Å². The van der Waals surface area contributed by atoms with Crippen molar-refractivity contribution in [3.63, 3.8) is 0 Å². The number of nitrogens with zero attached hydrogens (tertiary/aromatic N) is 1. The number of halogens is 2. The summed E-state index contributed by atoms with van der Waals surface area (Å²) in [5.41, 5.74) is 0.145. The molecule has 0 aliphatic rings. The number of carboxylic acids is 1. The Morgan fingerprint density at radius 3 is 2.35 bits per heavy atom. The third-order valence-corrected chi connectivity index (χ3v) is 2.94. The number of hydrogen-bond acceptors (Lipinski definition) is 2. The van der Waals surface area contributed by atoms with E-state index in [2.05, 4.69) is 0 Å². The molecule has 0 radical (unpaired) electrons. The minimum absolute atomic E-state index is 0.0478. The normalized spacial score (nSPS) is 11.0. The predicted octanol–water partition coefficient (Wildman–Crippen LogP) is 3.69. The fourth-order valence-corrected chi connectivity index (χ4v) is 1.93. The highest BCUT2D eigenvalue weighted by atomic mass is 19.1. The molecule has 0 spiro atoms. The van der Waals surface area contributed by atoms with Crippen LogP contribution in [0, 0.1) is 11.6 Å². The maximum atomic E-state index is 14.0. The van der Waals surface area contributed by atoms with Crippen molar-refractivity contribution in [1.82, 2.24) is 0 Å². The highest BCUT2D eigenvalue weighted by Crippen LogP contribution is 2.26. The molecule has 110 valence electrons. The fraction of sp³-hybridized carbons (Fsp3) is 0.400. The number of aliphatic carboxylic acids is 1. The summed E-state index contributed by atoms with van der Waals surface area (Å²) in [6, 6.07) is 2.29. The first kappa shape index (κ1) is 16.1. The molecular weight excluding hydrogens is 264 g/mol. The van der Waals surface area contributed by atoms with Gasteiger partial charge in [-0.15, -0.1) is 0 Å². The highest BCUT2D eigenvalue weighted by molar-refractivity contribution is 5.85. The smallest absolute Gasteiger partial charge is 0.328 e. The lowest BCUT2D eigenvalue weighted by atomic mass is 10.1. The SMILES string of the molecule is CCCCN(CC)c1c(F)cc(C=CC(=O)O)cc1F. The Morgan fingerprint density at radius 2 is 1.90 bits per heavy atom. The number of hydrogen-bond donors (Lipinski definition) is 1. The third kappa shape index (κ3) is 4.33. The van der Waals surface area contributed by atoms with Crippen molar-refractivity contribution in [2.24, 2.45) is 0 Å². The molecule has 0 bridgehead atoms. The van der Waals surface area contributed by atoms with Crippen LogP contribution < -0.4 is 4.90 Å². The number of carboxylic acid groups (broad SMARTS) is 1. The first-order valence-electron chi connectivity index (χ1n) is 6.64. The van der Waals surface area contributed by atoms with Gasteiger partial charge >= 0.3 is 5.97 Å². The van der Waals surface area contributed by atoms with E-state index >= 15 is 0 Å². The second kappa shape index (κ2) is 7.62. The zero-order valence-corrected chi connectivity index (χ0v) is 11.7. The van der Waals surface area contributed by atoms with Gasteiger partial charge in [-0.25, -0.2) is 13.6 Å². The van der Waals surface area contributed by atoms with Crippen LogP contribution in [0.25, 0.3) is 6.08 Å². The largest absolute Gasteiger partial charge is 0.478 e. The second-order valence-corrected chi connectivity index (χ2v) is 4.44. The van der Waals surface area contributed by atoms with E-state index in [-0.39, 0.29) is 11.3 Å². The molecule has 3 nitrogen and oxygen atoms in total. The Kier molecular flexibility index (Phi) is 6.15. The van der Waals surface area contributed by atoms with E-state index in [9.17, 15) is 13.6 Å². The van der Waals surface area contributed by atoms with Crippen LogP contribution in [0.1, 0.15) is 32.3 Å². The number of unbranched alkanes of at least 4 members (excludes halogenated alkanes) is 1. The van der Waals surface area contributed by atoms with Gasteiger partial charge in [-0.2, -0.15) is 0 Å². The van der Waals surface area contributed by atoms with Gasteiger partial charge in [-0.1, -0.05) is 13.3 Å². The minimum Gasteiger partial charge on any atom is -0.478 e. The van der Waals surface area contributed by atoms with Gasteiger partial charge in [0.25, 0.3) is 0 Å². The molecule has 1 N–H and O–H groups in total. The maximum Gasteiger partial charge on any atom is 0.328 e. The quantitative estimate of drug-likeness (QED) is 0.776. The third-order valence-electron chi connectivity index (χ3n) is 2.94. The molecule has 0 aliphatic heterocycles. The van der Waals surface area contributed by atoms with Crippen LogP contribution >= 0.6 is 0 Å². The predicted molar refractivity (Wildman–Crippen MR) is 75.8 cm³/mol. The molecule has 0 fully saturated rings. The Hall–Kier alpha value is -1.91. The standard InChI is InChI=1S/C15H19F2NO2/c1-3-5-8-18(4-2)15-12(16)9-11(10-13(15)17)6-7-14(19)20/h6-7,9-10H,3-5,8H2,1-2H3,(H,19,20). The lowest BCUT2D eigenvalue weighted by molar-refractivity contribution is -0.131.